The first kappa shape index (κ1) is 19.2. The van der Waals surface area contributed by atoms with Gasteiger partial charge in [-0.15, -0.1) is 0 Å². The third kappa shape index (κ3) is 4.40. The van der Waals surface area contributed by atoms with E-state index in [-0.39, 0.29) is 6.54 Å². The number of hydrogen-bond donors (Lipinski definition) is 3. The van der Waals surface area contributed by atoms with Crippen LogP contribution in [-0.2, 0) is 16.0 Å². The summed E-state index contributed by atoms with van der Waals surface area (Å²) in [4.78, 5) is 26.1. The first-order valence-electron chi connectivity index (χ1n) is 8.72. The minimum absolute atomic E-state index is 0.0461. The number of rotatable bonds is 4. The Kier molecular flexibility index (Phi) is 5.68. The summed E-state index contributed by atoms with van der Waals surface area (Å²) in [6.07, 6.45) is 0.0482. The van der Waals surface area contributed by atoms with Crippen LogP contribution < -0.4 is 15.5 Å². The van der Waals surface area contributed by atoms with Crippen molar-refractivity contribution in [1.82, 2.24) is 5.32 Å². The molecule has 0 saturated carbocycles. The summed E-state index contributed by atoms with van der Waals surface area (Å²) in [5.41, 5.74) is 4.37. The summed E-state index contributed by atoms with van der Waals surface area (Å²) >= 11 is 6.01. The molecule has 7 heteroatoms. The number of likely N-dealkylation sites (N-methyl/N-ethyl adjacent to an activating group) is 1. The number of carbonyl (C=O) groups excluding carboxylic acids is 2. The number of amides is 2. The van der Waals surface area contributed by atoms with Crippen LogP contribution in [0.25, 0.3) is 0 Å². The van der Waals surface area contributed by atoms with Crippen molar-refractivity contribution in [3.63, 3.8) is 0 Å². The van der Waals surface area contributed by atoms with Gasteiger partial charge in [0.05, 0.1) is 6.10 Å². The zero-order valence-electron chi connectivity index (χ0n) is 15.3. The maximum absolute atomic E-state index is 12.0. The van der Waals surface area contributed by atoms with Crippen molar-refractivity contribution in [3.8, 4) is 0 Å². The Morgan fingerprint density at radius 2 is 2.00 bits per heavy atom. The molecule has 3 N–H and O–H groups in total. The van der Waals surface area contributed by atoms with E-state index in [0.29, 0.717) is 10.7 Å². The van der Waals surface area contributed by atoms with Crippen molar-refractivity contribution < 1.29 is 14.7 Å². The maximum atomic E-state index is 12.0. The Labute approximate surface area is 163 Å². The number of aliphatic hydroxyl groups is 1. The summed E-state index contributed by atoms with van der Waals surface area (Å²) in [7, 11) is 2.03. The second-order valence-corrected chi connectivity index (χ2v) is 7.11. The van der Waals surface area contributed by atoms with Crippen LogP contribution in [0.5, 0.6) is 0 Å². The smallest absolute Gasteiger partial charge is 0.313 e. The number of halogens is 1. The second-order valence-electron chi connectivity index (χ2n) is 6.70. The minimum atomic E-state index is -0.883. The number of carbonyl (C=O) groups is 2. The lowest BCUT2D eigenvalue weighted by molar-refractivity contribution is -0.136. The third-order valence-corrected chi connectivity index (χ3v) is 5.12. The summed E-state index contributed by atoms with van der Waals surface area (Å²) in [5, 5.41) is 15.8. The fourth-order valence-electron chi connectivity index (χ4n) is 3.04. The van der Waals surface area contributed by atoms with E-state index in [9.17, 15) is 14.7 Å². The summed E-state index contributed by atoms with van der Waals surface area (Å²) in [6.45, 7) is 2.75. The summed E-state index contributed by atoms with van der Waals surface area (Å²) < 4.78 is 0. The summed E-state index contributed by atoms with van der Waals surface area (Å²) in [6, 6.07) is 10.8. The van der Waals surface area contributed by atoms with Crippen LogP contribution in [0, 0.1) is 6.92 Å². The van der Waals surface area contributed by atoms with E-state index < -0.39 is 17.9 Å². The van der Waals surface area contributed by atoms with Gasteiger partial charge in [-0.1, -0.05) is 29.8 Å². The van der Waals surface area contributed by atoms with Gasteiger partial charge >= 0.3 is 11.8 Å². The fourth-order valence-corrected chi connectivity index (χ4v) is 3.22. The lowest BCUT2D eigenvalue weighted by Gasteiger charge is -2.15. The van der Waals surface area contributed by atoms with Gasteiger partial charge in [0.15, 0.2) is 0 Å². The molecule has 2 aromatic rings. The summed E-state index contributed by atoms with van der Waals surface area (Å²) in [5.74, 6) is -1.62. The number of nitrogens with zero attached hydrogens (tertiary/aromatic N) is 1. The predicted octanol–water partition coefficient (Wildman–Crippen LogP) is 2.43. The molecule has 142 valence electrons. The minimum Gasteiger partial charge on any atom is -0.387 e. The van der Waals surface area contributed by atoms with Gasteiger partial charge in [0.25, 0.3) is 0 Å². The number of benzene rings is 2. The quantitative estimate of drug-likeness (QED) is 0.704. The molecule has 0 aromatic heterocycles. The van der Waals surface area contributed by atoms with Gasteiger partial charge in [0, 0.05) is 36.5 Å². The van der Waals surface area contributed by atoms with Crippen LogP contribution in [0.15, 0.2) is 36.4 Å². The van der Waals surface area contributed by atoms with Crippen LogP contribution in [0.4, 0.5) is 11.4 Å². The normalized spacial score (nSPS) is 13.9. The highest BCUT2D eigenvalue weighted by Gasteiger charge is 2.19. The van der Waals surface area contributed by atoms with Gasteiger partial charge in [0.2, 0.25) is 0 Å². The van der Waals surface area contributed by atoms with Crippen molar-refractivity contribution in [3.05, 3.63) is 58.1 Å². The molecule has 27 heavy (non-hydrogen) atoms. The SMILES string of the molecule is Cc1ccc(NC(=O)C(=O)NCC(O)c2ccc3c(c2)CCN3C)cc1Cl. The lowest BCUT2D eigenvalue weighted by Crippen LogP contribution is -2.37. The molecule has 0 spiro atoms. The zero-order valence-corrected chi connectivity index (χ0v) is 16.0. The second kappa shape index (κ2) is 7.98. The molecule has 1 heterocycles. The molecule has 0 aliphatic carbocycles. The van der Waals surface area contributed by atoms with Crippen molar-refractivity contribution in [1.29, 1.82) is 0 Å². The fraction of sp³-hybridized carbons (Fsp3) is 0.300. The van der Waals surface area contributed by atoms with Crippen molar-refractivity contribution >= 4 is 34.8 Å². The third-order valence-electron chi connectivity index (χ3n) is 4.71. The Balaban J connectivity index is 1.55. The average molecular weight is 388 g/mol. The highest BCUT2D eigenvalue weighted by atomic mass is 35.5. The average Bonchev–Trinajstić information content (AvgIpc) is 3.02. The maximum Gasteiger partial charge on any atom is 0.313 e. The number of fused-ring (bicyclic) bond motifs is 1. The molecule has 0 bridgehead atoms. The molecule has 1 aliphatic rings. The van der Waals surface area contributed by atoms with E-state index in [0.717, 1.165) is 29.8 Å². The van der Waals surface area contributed by atoms with Crippen LogP contribution in [0.3, 0.4) is 0 Å². The van der Waals surface area contributed by atoms with E-state index in [4.69, 9.17) is 11.6 Å². The van der Waals surface area contributed by atoms with Gasteiger partial charge in [-0.05, 0) is 48.2 Å². The molecular weight excluding hydrogens is 366 g/mol. The number of aryl methyl sites for hydroxylation is 1. The monoisotopic (exact) mass is 387 g/mol. The molecule has 1 atom stereocenters. The molecule has 3 rings (SSSR count). The van der Waals surface area contributed by atoms with Crippen molar-refractivity contribution in [2.75, 3.05) is 30.4 Å². The first-order chi connectivity index (χ1) is 12.8. The van der Waals surface area contributed by atoms with Crippen molar-refractivity contribution in [2.24, 2.45) is 0 Å². The molecule has 1 aliphatic heterocycles. The largest absolute Gasteiger partial charge is 0.387 e. The lowest BCUT2D eigenvalue weighted by atomic mass is 10.0. The molecule has 1 unspecified atom stereocenters. The first-order valence-corrected chi connectivity index (χ1v) is 9.10. The molecule has 2 amide bonds. The molecule has 6 nitrogen and oxygen atoms in total. The Morgan fingerprint density at radius 3 is 2.74 bits per heavy atom. The van der Waals surface area contributed by atoms with Gasteiger partial charge in [-0.3, -0.25) is 9.59 Å². The molecule has 0 fully saturated rings. The number of aliphatic hydroxyl groups excluding tert-OH is 1. The number of anilines is 2. The zero-order chi connectivity index (χ0) is 19.6. The van der Waals surface area contributed by atoms with Crippen LogP contribution in [0.2, 0.25) is 5.02 Å². The van der Waals surface area contributed by atoms with Gasteiger partial charge in [-0.2, -0.15) is 0 Å². The Bertz CT molecular complexity index is 885. The molecule has 0 radical (unpaired) electrons. The predicted molar refractivity (Wildman–Crippen MR) is 106 cm³/mol. The highest BCUT2D eigenvalue weighted by Crippen LogP contribution is 2.29. The van der Waals surface area contributed by atoms with Crippen molar-refractivity contribution in [2.45, 2.75) is 19.4 Å². The van der Waals surface area contributed by atoms with Crippen LogP contribution >= 0.6 is 11.6 Å². The van der Waals surface area contributed by atoms with Gasteiger partial charge in [-0.25, -0.2) is 0 Å². The van der Waals surface area contributed by atoms with Crippen LogP contribution in [-0.4, -0.2) is 37.1 Å². The van der Waals surface area contributed by atoms with E-state index in [2.05, 4.69) is 15.5 Å². The van der Waals surface area contributed by atoms with Crippen LogP contribution in [0.1, 0.15) is 22.8 Å². The molecular formula is C20H22ClN3O3. The van der Waals surface area contributed by atoms with Gasteiger partial charge < -0.3 is 20.6 Å². The number of nitrogens with one attached hydrogen (secondary N) is 2. The van der Waals surface area contributed by atoms with Gasteiger partial charge in [0.1, 0.15) is 0 Å². The Morgan fingerprint density at radius 1 is 1.22 bits per heavy atom. The standard InChI is InChI=1S/C20H22ClN3O3/c1-12-3-5-15(10-16(12)21)23-20(27)19(26)22-11-18(25)14-4-6-17-13(9-14)7-8-24(17)2/h3-6,9-10,18,25H,7-8,11H2,1-2H3,(H,22,26)(H,23,27). The van der Waals surface area contributed by atoms with E-state index in [1.807, 2.05) is 32.2 Å². The topological polar surface area (TPSA) is 81.7 Å². The molecule has 0 saturated heterocycles. The van der Waals surface area contributed by atoms with E-state index in [1.165, 1.54) is 5.56 Å². The van der Waals surface area contributed by atoms with E-state index in [1.54, 1.807) is 18.2 Å². The number of hydrogen-bond acceptors (Lipinski definition) is 4. The Hall–Kier alpha value is -2.57. The highest BCUT2D eigenvalue weighted by molar-refractivity contribution is 6.39. The molecule has 2 aromatic carbocycles. The van der Waals surface area contributed by atoms with E-state index >= 15 is 0 Å².